The van der Waals surface area contributed by atoms with E-state index in [0.29, 0.717) is 5.56 Å². The molecule has 1 aromatic carbocycles. The van der Waals surface area contributed by atoms with E-state index in [1.54, 1.807) is 30.3 Å². The smallest absolute Gasteiger partial charge is 0.238 e. The number of hydrogen-bond donors (Lipinski definition) is 4. The first-order valence-corrected chi connectivity index (χ1v) is 6.22. The van der Waals surface area contributed by atoms with Gasteiger partial charge in [0.2, 0.25) is 5.91 Å². The molecule has 3 atom stereocenters. The van der Waals surface area contributed by atoms with Gasteiger partial charge in [0.1, 0.15) is 5.92 Å². The van der Waals surface area contributed by atoms with Crippen LogP contribution in [0, 0.1) is 0 Å². The van der Waals surface area contributed by atoms with Gasteiger partial charge in [-0.3, -0.25) is 4.79 Å². The maximum absolute atomic E-state index is 12.5. The van der Waals surface area contributed by atoms with Crippen molar-refractivity contribution < 1.29 is 20.2 Å². The molecule has 20 heavy (non-hydrogen) atoms. The lowest BCUT2D eigenvalue weighted by Crippen LogP contribution is -2.40. The third kappa shape index (κ3) is 2.73. The lowest BCUT2D eigenvalue weighted by Gasteiger charge is -2.22. The number of amidine groups is 1. The fourth-order valence-corrected chi connectivity index (χ4v) is 2.28. The van der Waals surface area contributed by atoms with Crippen molar-refractivity contribution in [3.05, 3.63) is 35.9 Å². The van der Waals surface area contributed by atoms with Gasteiger partial charge in [0.25, 0.3) is 0 Å². The van der Waals surface area contributed by atoms with Crippen LogP contribution in [0.3, 0.4) is 0 Å². The molecule has 0 spiro atoms. The zero-order chi connectivity index (χ0) is 14.7. The molecule has 2 rings (SSSR count). The topological polar surface area (TPSA) is 119 Å². The van der Waals surface area contributed by atoms with Gasteiger partial charge in [-0.2, -0.15) is 0 Å². The third-order valence-corrected chi connectivity index (χ3v) is 3.36. The number of nitrogens with zero attached hydrogens (tertiary/aromatic N) is 2. The summed E-state index contributed by atoms with van der Waals surface area (Å²) in [6.45, 7) is 0.0596. The summed E-state index contributed by atoms with van der Waals surface area (Å²) in [6, 6.07) is 8.68. The number of carbonyl (C=O) groups excluding carboxylic acids is 1. The molecule has 5 N–H and O–H groups in total. The Morgan fingerprint density at radius 3 is 2.30 bits per heavy atom. The molecule has 0 aliphatic carbocycles. The molecule has 1 saturated heterocycles. The minimum Gasteiger partial charge on any atom is -0.409 e. The van der Waals surface area contributed by atoms with Gasteiger partial charge >= 0.3 is 0 Å². The fourth-order valence-electron chi connectivity index (χ4n) is 2.28. The molecule has 1 heterocycles. The largest absolute Gasteiger partial charge is 0.409 e. The summed E-state index contributed by atoms with van der Waals surface area (Å²) < 4.78 is 0. The van der Waals surface area contributed by atoms with Crippen LogP contribution in [0.5, 0.6) is 0 Å². The number of likely N-dealkylation sites (tertiary alicyclic amines) is 1. The molecule has 7 heteroatoms. The van der Waals surface area contributed by atoms with Gasteiger partial charge in [0.05, 0.1) is 12.2 Å². The summed E-state index contributed by atoms with van der Waals surface area (Å²) in [5.74, 6) is -1.57. The summed E-state index contributed by atoms with van der Waals surface area (Å²) in [7, 11) is 0. The third-order valence-electron chi connectivity index (χ3n) is 3.36. The van der Waals surface area contributed by atoms with Gasteiger partial charge in [-0.1, -0.05) is 35.5 Å². The number of aliphatic hydroxyl groups excluding tert-OH is 2. The molecule has 1 aliphatic rings. The van der Waals surface area contributed by atoms with Gasteiger partial charge in [0.15, 0.2) is 5.84 Å². The Hall–Kier alpha value is -2.12. The van der Waals surface area contributed by atoms with E-state index in [0.717, 1.165) is 0 Å². The van der Waals surface area contributed by atoms with E-state index in [9.17, 15) is 15.0 Å². The molecule has 0 bridgehead atoms. The van der Waals surface area contributed by atoms with Crippen molar-refractivity contribution in [3.63, 3.8) is 0 Å². The number of hydrogen-bond acceptors (Lipinski definition) is 5. The maximum Gasteiger partial charge on any atom is 0.238 e. The van der Waals surface area contributed by atoms with Crippen molar-refractivity contribution in [3.8, 4) is 0 Å². The Morgan fingerprint density at radius 1 is 1.25 bits per heavy atom. The molecule has 3 unspecified atom stereocenters. The second-order valence-electron chi connectivity index (χ2n) is 4.75. The van der Waals surface area contributed by atoms with Crippen LogP contribution >= 0.6 is 0 Å². The fraction of sp³-hybridized carbons (Fsp3) is 0.385. The van der Waals surface area contributed by atoms with Crippen molar-refractivity contribution in [2.75, 3.05) is 13.1 Å². The number of β-amino-alcohol motifs (C(OH)–C–C–N with tert-alkyl or cyclic N) is 2. The first kappa shape index (κ1) is 14.3. The molecule has 0 aromatic heterocycles. The van der Waals surface area contributed by atoms with Gasteiger partial charge in [-0.15, -0.1) is 0 Å². The average Bonchev–Trinajstić information content (AvgIpc) is 2.80. The molecule has 7 nitrogen and oxygen atoms in total. The zero-order valence-electron chi connectivity index (χ0n) is 10.8. The van der Waals surface area contributed by atoms with E-state index in [1.165, 1.54) is 4.90 Å². The monoisotopic (exact) mass is 279 g/mol. The van der Waals surface area contributed by atoms with E-state index in [-0.39, 0.29) is 18.9 Å². The van der Waals surface area contributed by atoms with Crippen LogP contribution in [-0.4, -0.2) is 57.4 Å². The van der Waals surface area contributed by atoms with Crippen LogP contribution in [0.15, 0.2) is 35.5 Å². The highest BCUT2D eigenvalue weighted by Gasteiger charge is 2.37. The van der Waals surface area contributed by atoms with Crippen molar-refractivity contribution in [1.29, 1.82) is 0 Å². The minimum atomic E-state index is -0.970. The average molecular weight is 279 g/mol. The van der Waals surface area contributed by atoms with Crippen LogP contribution in [0.2, 0.25) is 0 Å². The van der Waals surface area contributed by atoms with Crippen molar-refractivity contribution >= 4 is 11.7 Å². The highest BCUT2D eigenvalue weighted by molar-refractivity contribution is 6.07. The summed E-state index contributed by atoms with van der Waals surface area (Å²) in [4.78, 5) is 13.8. The number of carbonyl (C=O) groups is 1. The highest BCUT2D eigenvalue weighted by Crippen LogP contribution is 2.22. The minimum absolute atomic E-state index is 0.0298. The van der Waals surface area contributed by atoms with E-state index in [2.05, 4.69) is 5.16 Å². The number of nitrogens with two attached hydrogens (primary N) is 1. The first-order valence-electron chi connectivity index (χ1n) is 6.22. The van der Waals surface area contributed by atoms with Crippen LogP contribution < -0.4 is 5.73 Å². The van der Waals surface area contributed by atoms with Crippen LogP contribution in [-0.2, 0) is 4.79 Å². The molecule has 0 saturated carbocycles. The molecule has 0 radical (unpaired) electrons. The Balaban J connectivity index is 2.27. The molecule has 1 amide bonds. The Labute approximate surface area is 115 Å². The van der Waals surface area contributed by atoms with Crippen molar-refractivity contribution in [2.24, 2.45) is 10.9 Å². The zero-order valence-corrected chi connectivity index (χ0v) is 10.8. The van der Waals surface area contributed by atoms with Gasteiger partial charge in [-0.25, -0.2) is 0 Å². The lowest BCUT2D eigenvalue weighted by molar-refractivity contribution is -0.130. The summed E-state index contributed by atoms with van der Waals surface area (Å²) >= 11 is 0. The summed E-state index contributed by atoms with van der Waals surface area (Å²) in [5.41, 5.74) is 6.20. The van der Waals surface area contributed by atoms with Crippen LogP contribution in [0.4, 0.5) is 0 Å². The first-order chi connectivity index (χ1) is 9.54. The molecule has 108 valence electrons. The predicted molar refractivity (Wildman–Crippen MR) is 71.2 cm³/mol. The summed E-state index contributed by atoms with van der Waals surface area (Å²) in [6.07, 6.45) is -1.94. The number of rotatable bonds is 3. The second kappa shape index (κ2) is 5.89. The van der Waals surface area contributed by atoms with Crippen molar-refractivity contribution in [1.82, 2.24) is 4.90 Å². The number of aliphatic hydroxyl groups is 2. The van der Waals surface area contributed by atoms with E-state index in [1.807, 2.05) is 0 Å². The number of benzene rings is 1. The Kier molecular flexibility index (Phi) is 4.21. The normalized spacial score (nSPS) is 24.7. The molecular formula is C13H17N3O4. The van der Waals surface area contributed by atoms with Crippen LogP contribution in [0.1, 0.15) is 11.5 Å². The predicted octanol–water partition coefficient (Wildman–Crippen LogP) is -0.919. The van der Waals surface area contributed by atoms with E-state index in [4.69, 9.17) is 10.9 Å². The lowest BCUT2D eigenvalue weighted by atomic mass is 9.96. The number of amides is 1. The van der Waals surface area contributed by atoms with Gasteiger partial charge in [-0.05, 0) is 5.56 Å². The molecular weight excluding hydrogens is 262 g/mol. The van der Waals surface area contributed by atoms with Gasteiger partial charge < -0.3 is 26.1 Å². The SMILES string of the molecule is N/C(=N/O)C(C(=O)N1CC(O)C(O)C1)c1ccccc1. The maximum atomic E-state index is 12.5. The molecule has 1 aliphatic heterocycles. The standard InChI is InChI=1S/C13H17N3O4/c14-12(15-20)11(8-4-2-1-3-5-8)13(19)16-6-9(17)10(18)7-16/h1-5,9-11,17-18,20H,6-7H2,(H2,14,15). The number of oxime groups is 1. The highest BCUT2D eigenvalue weighted by atomic mass is 16.4. The second-order valence-corrected chi connectivity index (χ2v) is 4.75. The quantitative estimate of drug-likeness (QED) is 0.247. The van der Waals surface area contributed by atoms with Crippen molar-refractivity contribution in [2.45, 2.75) is 18.1 Å². The summed E-state index contributed by atoms with van der Waals surface area (Å²) in [5, 5.41) is 30.8. The van der Waals surface area contributed by atoms with E-state index < -0.39 is 24.0 Å². The Morgan fingerprint density at radius 2 is 1.80 bits per heavy atom. The van der Waals surface area contributed by atoms with E-state index >= 15 is 0 Å². The Bertz CT molecular complexity index is 496. The van der Waals surface area contributed by atoms with Gasteiger partial charge in [0, 0.05) is 13.1 Å². The molecule has 1 fully saturated rings. The molecule has 1 aromatic rings. The van der Waals surface area contributed by atoms with Crippen LogP contribution in [0.25, 0.3) is 0 Å².